The number of hydrogen-bond acceptors (Lipinski definition) is 2. The van der Waals surface area contributed by atoms with Crippen molar-refractivity contribution in [1.29, 1.82) is 0 Å². The smallest absolute Gasteiger partial charge is 0.131 e. The molecule has 4 bridgehead atoms. The minimum Gasteiger partial charge on any atom is -0.457 e. The van der Waals surface area contributed by atoms with E-state index in [2.05, 4.69) is 204 Å². The molecule has 294 valence electrons. The molecular weight excluding hydrogens is 741 g/mol. The van der Waals surface area contributed by atoms with E-state index in [4.69, 9.17) is 4.74 Å². The number of rotatable bonds is 6. The van der Waals surface area contributed by atoms with E-state index in [1.165, 1.54) is 98.7 Å². The summed E-state index contributed by atoms with van der Waals surface area (Å²) in [7, 11) is 0. The molecule has 1 spiro atoms. The van der Waals surface area contributed by atoms with Crippen molar-refractivity contribution in [2.24, 2.45) is 23.7 Å². The van der Waals surface area contributed by atoms with Gasteiger partial charge in [-0.3, -0.25) is 0 Å². The van der Waals surface area contributed by atoms with E-state index in [0.717, 1.165) is 34.7 Å². The molecule has 3 nitrogen and oxygen atoms in total. The fourth-order valence-electron chi connectivity index (χ4n) is 12.8. The summed E-state index contributed by atoms with van der Waals surface area (Å²) in [5.41, 5.74) is 14.6. The van der Waals surface area contributed by atoms with Gasteiger partial charge >= 0.3 is 0 Å². The fraction of sp³-hybridized carbons (Fsp3) is 0.172. The largest absolute Gasteiger partial charge is 0.457 e. The second-order valence-electron chi connectivity index (χ2n) is 18.1. The number of anilines is 3. The Kier molecular flexibility index (Phi) is 7.79. The van der Waals surface area contributed by atoms with Crippen LogP contribution in [0.5, 0.6) is 11.5 Å². The molecule has 1 aliphatic heterocycles. The standard InChI is InChI=1S/C58H46N2O/c1-2-12-40(13-3-1)41-22-26-45(27-23-41)59(47-30-31-57-52(37-47)58(51-17-7-11-21-56(51)61-57)43-33-38-32-39(35-43)36-44(58)34-38)46-28-24-42(25-29-46)48-14-4-8-18-53(48)60-54-19-9-5-15-49(54)50-16-6-10-20-55(50)60/h1-31,37-39,43-44H,32-36H2. The number of benzene rings is 8. The molecule has 0 atom stereocenters. The van der Waals surface area contributed by atoms with Gasteiger partial charge in [-0.2, -0.15) is 0 Å². The summed E-state index contributed by atoms with van der Waals surface area (Å²) in [4.78, 5) is 2.46. The zero-order valence-corrected chi connectivity index (χ0v) is 34.1. The first-order valence-electron chi connectivity index (χ1n) is 22.3. The molecule has 0 radical (unpaired) electrons. The number of hydrogen-bond donors (Lipinski definition) is 0. The lowest BCUT2D eigenvalue weighted by Gasteiger charge is -2.63. The Morgan fingerprint density at radius 3 is 1.64 bits per heavy atom. The van der Waals surface area contributed by atoms with Gasteiger partial charge in [-0.25, -0.2) is 0 Å². The number of para-hydroxylation sites is 4. The zero-order chi connectivity index (χ0) is 40.1. The summed E-state index contributed by atoms with van der Waals surface area (Å²) >= 11 is 0. The SMILES string of the molecule is c1ccc(-c2ccc(N(c3ccc(-c4ccccc4-n4c5ccccc5c5ccccc54)cc3)c3ccc4c(c3)C3(c5ccccc5O4)C4CC5CC(C4)CC3C5)cc2)cc1. The molecule has 3 heteroatoms. The van der Waals surface area contributed by atoms with Gasteiger partial charge in [-0.05, 0) is 139 Å². The summed E-state index contributed by atoms with van der Waals surface area (Å²) in [5, 5.41) is 2.54. The molecular formula is C58H46N2O. The maximum absolute atomic E-state index is 6.86. The van der Waals surface area contributed by atoms with Crippen LogP contribution in [0.25, 0.3) is 49.7 Å². The van der Waals surface area contributed by atoms with Crippen LogP contribution in [0.1, 0.15) is 43.2 Å². The van der Waals surface area contributed by atoms with Crippen LogP contribution in [0.2, 0.25) is 0 Å². The quantitative estimate of drug-likeness (QED) is 0.167. The molecule has 0 saturated heterocycles. The van der Waals surface area contributed by atoms with Crippen LogP contribution in [0, 0.1) is 23.7 Å². The second kappa shape index (κ2) is 13.6. The summed E-state index contributed by atoms with van der Waals surface area (Å²) in [6, 6.07) is 71.5. The van der Waals surface area contributed by atoms with Crippen molar-refractivity contribution in [2.45, 2.75) is 37.5 Å². The molecule has 14 rings (SSSR count). The number of ether oxygens (including phenoxy) is 1. The van der Waals surface area contributed by atoms with E-state index in [-0.39, 0.29) is 5.41 Å². The monoisotopic (exact) mass is 786 g/mol. The van der Waals surface area contributed by atoms with Crippen molar-refractivity contribution in [1.82, 2.24) is 4.57 Å². The first-order chi connectivity index (χ1) is 30.2. The van der Waals surface area contributed by atoms with Gasteiger partial charge in [0.15, 0.2) is 0 Å². The molecule has 0 amide bonds. The minimum absolute atomic E-state index is 0.0309. The Morgan fingerprint density at radius 2 is 0.951 bits per heavy atom. The lowest BCUT2D eigenvalue weighted by molar-refractivity contribution is -0.0452. The minimum atomic E-state index is -0.0309. The summed E-state index contributed by atoms with van der Waals surface area (Å²) < 4.78 is 9.29. The topological polar surface area (TPSA) is 17.4 Å². The van der Waals surface area contributed by atoms with Crippen LogP contribution in [-0.2, 0) is 5.41 Å². The average molecular weight is 787 g/mol. The molecule has 61 heavy (non-hydrogen) atoms. The first kappa shape index (κ1) is 35.0. The zero-order valence-electron chi connectivity index (χ0n) is 34.1. The average Bonchev–Trinajstić information content (AvgIpc) is 3.65. The molecule has 4 aliphatic carbocycles. The molecule has 9 aromatic rings. The number of aromatic nitrogens is 1. The predicted octanol–water partition coefficient (Wildman–Crippen LogP) is 15.4. The second-order valence-corrected chi connectivity index (χ2v) is 18.1. The van der Waals surface area contributed by atoms with Crippen LogP contribution >= 0.6 is 0 Å². The van der Waals surface area contributed by atoms with Crippen LogP contribution < -0.4 is 9.64 Å². The Bertz CT molecular complexity index is 3040. The van der Waals surface area contributed by atoms with Crippen molar-refractivity contribution in [2.75, 3.05) is 4.90 Å². The highest BCUT2D eigenvalue weighted by Crippen LogP contribution is 2.69. The van der Waals surface area contributed by atoms with Gasteiger partial charge in [0.05, 0.1) is 16.7 Å². The molecule has 5 aliphatic rings. The fourth-order valence-corrected chi connectivity index (χ4v) is 12.8. The normalized spacial score (nSPS) is 22.0. The van der Waals surface area contributed by atoms with Gasteiger partial charge in [0, 0.05) is 49.9 Å². The van der Waals surface area contributed by atoms with E-state index in [1.54, 1.807) is 0 Å². The lowest BCUT2D eigenvalue weighted by atomic mass is 9.42. The molecule has 1 aromatic heterocycles. The molecule has 4 saturated carbocycles. The lowest BCUT2D eigenvalue weighted by Crippen LogP contribution is -2.57. The van der Waals surface area contributed by atoms with Crippen molar-refractivity contribution in [3.63, 3.8) is 0 Å². The van der Waals surface area contributed by atoms with Crippen LogP contribution in [-0.4, -0.2) is 4.57 Å². The van der Waals surface area contributed by atoms with Crippen LogP contribution in [0.15, 0.2) is 194 Å². The van der Waals surface area contributed by atoms with Gasteiger partial charge < -0.3 is 14.2 Å². The highest BCUT2D eigenvalue weighted by atomic mass is 16.5. The third-order valence-electron chi connectivity index (χ3n) is 15.0. The van der Waals surface area contributed by atoms with Gasteiger partial charge in [-0.1, -0.05) is 127 Å². The van der Waals surface area contributed by atoms with E-state index in [1.807, 2.05) is 0 Å². The molecule has 4 fully saturated rings. The first-order valence-corrected chi connectivity index (χ1v) is 22.3. The Hall–Kier alpha value is -6.84. The van der Waals surface area contributed by atoms with E-state index >= 15 is 0 Å². The van der Waals surface area contributed by atoms with Gasteiger partial charge in [0.25, 0.3) is 0 Å². The van der Waals surface area contributed by atoms with Crippen LogP contribution in [0.4, 0.5) is 17.1 Å². The van der Waals surface area contributed by atoms with Crippen LogP contribution in [0.3, 0.4) is 0 Å². The Morgan fingerprint density at radius 1 is 0.426 bits per heavy atom. The van der Waals surface area contributed by atoms with Crippen molar-refractivity contribution < 1.29 is 4.74 Å². The molecule has 2 heterocycles. The maximum Gasteiger partial charge on any atom is 0.131 e. The van der Waals surface area contributed by atoms with Crippen molar-refractivity contribution in [3.8, 4) is 39.4 Å². The van der Waals surface area contributed by atoms with Crippen molar-refractivity contribution in [3.05, 3.63) is 205 Å². The van der Waals surface area contributed by atoms with E-state index in [9.17, 15) is 0 Å². The third kappa shape index (κ3) is 5.29. The van der Waals surface area contributed by atoms with Crippen molar-refractivity contribution >= 4 is 38.9 Å². The van der Waals surface area contributed by atoms with E-state index in [0.29, 0.717) is 11.8 Å². The summed E-state index contributed by atoms with van der Waals surface area (Å²) in [6.07, 6.45) is 6.74. The highest BCUT2D eigenvalue weighted by Gasteiger charge is 2.61. The van der Waals surface area contributed by atoms with Gasteiger partial charge in [0.2, 0.25) is 0 Å². The molecule has 8 aromatic carbocycles. The van der Waals surface area contributed by atoms with Gasteiger partial charge in [-0.15, -0.1) is 0 Å². The Labute approximate surface area is 357 Å². The predicted molar refractivity (Wildman–Crippen MR) is 251 cm³/mol. The number of nitrogens with zero attached hydrogens (tertiary/aromatic N) is 2. The third-order valence-corrected chi connectivity index (χ3v) is 15.0. The molecule has 0 N–H and O–H groups in total. The summed E-state index contributed by atoms with van der Waals surface area (Å²) in [5.74, 6) is 5.10. The molecule has 0 unspecified atom stereocenters. The highest BCUT2D eigenvalue weighted by molar-refractivity contribution is 6.09. The number of fused-ring (bicyclic) bond motifs is 5. The van der Waals surface area contributed by atoms with Gasteiger partial charge in [0.1, 0.15) is 11.5 Å². The summed E-state index contributed by atoms with van der Waals surface area (Å²) in [6.45, 7) is 0. The Balaban J connectivity index is 0.956. The maximum atomic E-state index is 6.86. The van der Waals surface area contributed by atoms with E-state index < -0.39 is 0 Å².